The van der Waals surface area contributed by atoms with E-state index in [4.69, 9.17) is 0 Å². The SMILES string of the molecule is CCCCCC.Cc1ccc(N=C=O)cc1N=C=O. The summed E-state index contributed by atoms with van der Waals surface area (Å²) in [5.41, 5.74) is 1.72. The Labute approximate surface area is 114 Å². The Balaban J connectivity index is 0.000000459. The van der Waals surface area contributed by atoms with Crippen molar-refractivity contribution in [2.45, 2.75) is 46.5 Å². The van der Waals surface area contributed by atoms with Gasteiger partial charge in [0.15, 0.2) is 0 Å². The van der Waals surface area contributed by atoms with E-state index in [1.54, 1.807) is 19.1 Å². The van der Waals surface area contributed by atoms with Crippen LogP contribution in [0.4, 0.5) is 11.4 Å². The van der Waals surface area contributed by atoms with Gasteiger partial charge in [0, 0.05) is 0 Å². The summed E-state index contributed by atoms with van der Waals surface area (Å²) in [6.07, 6.45) is 8.37. The number of rotatable bonds is 5. The Kier molecular flexibility index (Phi) is 9.91. The predicted molar refractivity (Wildman–Crippen MR) is 76.6 cm³/mol. The van der Waals surface area contributed by atoms with Gasteiger partial charge in [-0.1, -0.05) is 45.6 Å². The van der Waals surface area contributed by atoms with Gasteiger partial charge in [-0.05, 0) is 24.6 Å². The van der Waals surface area contributed by atoms with Crippen LogP contribution in [0.1, 0.15) is 45.1 Å². The molecule has 0 atom stereocenters. The molecule has 0 N–H and O–H groups in total. The fourth-order valence-electron chi connectivity index (χ4n) is 1.39. The van der Waals surface area contributed by atoms with Gasteiger partial charge in [0.05, 0.1) is 11.4 Å². The van der Waals surface area contributed by atoms with Gasteiger partial charge < -0.3 is 0 Å². The highest BCUT2D eigenvalue weighted by Gasteiger charge is 1.97. The third-order valence-electron chi connectivity index (χ3n) is 2.49. The number of aryl methyl sites for hydroxylation is 1. The van der Waals surface area contributed by atoms with Crippen LogP contribution in [0.15, 0.2) is 28.2 Å². The summed E-state index contributed by atoms with van der Waals surface area (Å²) in [6, 6.07) is 4.88. The number of nitrogens with zero attached hydrogens (tertiary/aromatic N) is 2. The first-order valence-electron chi connectivity index (χ1n) is 6.45. The van der Waals surface area contributed by atoms with Crippen molar-refractivity contribution in [1.29, 1.82) is 0 Å². The molecule has 0 bridgehead atoms. The van der Waals surface area contributed by atoms with Crippen LogP contribution in [0.3, 0.4) is 0 Å². The van der Waals surface area contributed by atoms with Crippen molar-refractivity contribution in [3.63, 3.8) is 0 Å². The Bertz CT molecular complexity index is 467. The lowest BCUT2D eigenvalue weighted by molar-refractivity contribution is 0.565. The van der Waals surface area contributed by atoms with Crippen LogP contribution in [-0.4, -0.2) is 12.2 Å². The molecule has 4 heteroatoms. The number of aliphatic imine (C=N–C) groups is 2. The number of hydrogen-bond acceptors (Lipinski definition) is 4. The second-order valence-corrected chi connectivity index (χ2v) is 4.08. The van der Waals surface area contributed by atoms with Crippen LogP contribution in [0, 0.1) is 6.92 Å². The highest BCUT2D eigenvalue weighted by molar-refractivity contribution is 5.61. The lowest BCUT2D eigenvalue weighted by Crippen LogP contribution is -1.73. The first kappa shape index (κ1) is 17.0. The lowest BCUT2D eigenvalue weighted by atomic mass is 10.2. The zero-order chi connectivity index (χ0) is 14.5. The molecule has 0 radical (unpaired) electrons. The fourth-order valence-corrected chi connectivity index (χ4v) is 1.39. The first-order valence-corrected chi connectivity index (χ1v) is 6.45. The zero-order valence-electron chi connectivity index (χ0n) is 11.8. The minimum Gasteiger partial charge on any atom is -0.211 e. The van der Waals surface area contributed by atoms with Gasteiger partial charge in [-0.2, -0.15) is 9.98 Å². The molecule has 1 aromatic carbocycles. The molecule has 0 aliphatic carbocycles. The summed E-state index contributed by atoms with van der Waals surface area (Å²) >= 11 is 0. The standard InChI is InChI=1S/C9H6N2O2.C6H14/c1-7-2-3-8(10-5-12)4-9(7)11-6-13;1-3-5-6-4-2/h2-4H,1H3;3-6H2,1-2H3. The smallest absolute Gasteiger partial charge is 0.211 e. The van der Waals surface area contributed by atoms with Gasteiger partial charge >= 0.3 is 0 Å². The molecule has 1 aromatic rings. The molecule has 0 heterocycles. The molecule has 1 rings (SSSR count). The molecule has 0 aromatic heterocycles. The van der Waals surface area contributed by atoms with E-state index in [-0.39, 0.29) is 0 Å². The van der Waals surface area contributed by atoms with Crippen molar-refractivity contribution < 1.29 is 9.59 Å². The maximum atomic E-state index is 10.00. The summed E-state index contributed by atoms with van der Waals surface area (Å²) in [5, 5.41) is 0. The predicted octanol–water partition coefficient (Wildman–Crippen LogP) is 4.52. The minimum absolute atomic E-state index is 0.426. The van der Waals surface area contributed by atoms with E-state index >= 15 is 0 Å². The van der Waals surface area contributed by atoms with E-state index in [0.717, 1.165) is 5.56 Å². The van der Waals surface area contributed by atoms with Crippen molar-refractivity contribution >= 4 is 23.5 Å². The monoisotopic (exact) mass is 260 g/mol. The van der Waals surface area contributed by atoms with E-state index < -0.39 is 0 Å². The number of isocyanates is 2. The Morgan fingerprint density at radius 2 is 1.58 bits per heavy atom. The van der Waals surface area contributed by atoms with E-state index in [1.807, 2.05) is 0 Å². The molecule has 4 nitrogen and oxygen atoms in total. The van der Waals surface area contributed by atoms with Gasteiger partial charge in [0.25, 0.3) is 0 Å². The lowest BCUT2D eigenvalue weighted by Gasteiger charge is -1.97. The maximum absolute atomic E-state index is 10.00. The second kappa shape index (κ2) is 11.1. The third-order valence-corrected chi connectivity index (χ3v) is 2.49. The summed E-state index contributed by atoms with van der Waals surface area (Å²) < 4.78 is 0. The highest BCUT2D eigenvalue weighted by atomic mass is 16.1. The Morgan fingerprint density at radius 3 is 2.05 bits per heavy atom. The molecular formula is C15H20N2O2. The summed E-state index contributed by atoms with van der Waals surface area (Å²) in [7, 11) is 0. The second-order valence-electron chi connectivity index (χ2n) is 4.08. The average molecular weight is 260 g/mol. The largest absolute Gasteiger partial charge is 0.240 e. The zero-order valence-corrected chi connectivity index (χ0v) is 11.8. The van der Waals surface area contributed by atoms with Crippen molar-refractivity contribution in [3.8, 4) is 0 Å². The van der Waals surface area contributed by atoms with Crippen LogP contribution in [0.25, 0.3) is 0 Å². The topological polar surface area (TPSA) is 58.9 Å². The molecule has 0 spiro atoms. The van der Waals surface area contributed by atoms with Gasteiger partial charge in [0.1, 0.15) is 0 Å². The maximum Gasteiger partial charge on any atom is 0.240 e. The summed E-state index contributed by atoms with van der Waals surface area (Å²) in [5.74, 6) is 0. The van der Waals surface area contributed by atoms with Gasteiger partial charge in [-0.15, -0.1) is 0 Å². The molecule has 0 saturated carbocycles. The molecule has 0 fully saturated rings. The molecule has 0 amide bonds. The average Bonchev–Trinajstić information content (AvgIpc) is 2.41. The van der Waals surface area contributed by atoms with Gasteiger partial charge in [-0.3, -0.25) is 0 Å². The molecule has 0 unspecified atom stereocenters. The summed E-state index contributed by atoms with van der Waals surface area (Å²) in [4.78, 5) is 26.8. The van der Waals surface area contributed by atoms with Gasteiger partial charge in [-0.25, -0.2) is 9.59 Å². The fraction of sp³-hybridized carbons (Fsp3) is 0.467. The summed E-state index contributed by atoms with van der Waals surface area (Å²) in [6.45, 7) is 6.26. The molecule has 19 heavy (non-hydrogen) atoms. The van der Waals surface area contributed by atoms with E-state index in [9.17, 15) is 9.59 Å². The van der Waals surface area contributed by atoms with Crippen molar-refractivity contribution in [1.82, 2.24) is 0 Å². The van der Waals surface area contributed by atoms with Crippen LogP contribution >= 0.6 is 0 Å². The Hall–Kier alpha value is -2.02. The number of hydrogen-bond donors (Lipinski definition) is 0. The first-order chi connectivity index (χ1) is 9.19. The highest BCUT2D eigenvalue weighted by Crippen LogP contribution is 2.23. The van der Waals surface area contributed by atoms with Crippen LogP contribution < -0.4 is 0 Å². The van der Waals surface area contributed by atoms with Crippen molar-refractivity contribution in [2.24, 2.45) is 9.98 Å². The molecule has 102 valence electrons. The van der Waals surface area contributed by atoms with Crippen LogP contribution in [0.2, 0.25) is 0 Å². The molecule has 0 aliphatic rings. The third kappa shape index (κ3) is 7.82. The Morgan fingerprint density at radius 1 is 1.00 bits per heavy atom. The normalized spacial score (nSPS) is 8.58. The number of benzene rings is 1. The van der Waals surface area contributed by atoms with E-state index in [0.29, 0.717) is 11.4 Å². The molecular weight excluding hydrogens is 240 g/mol. The number of carbonyl (C=O) groups excluding carboxylic acids is 2. The minimum atomic E-state index is 0.426. The van der Waals surface area contributed by atoms with Crippen LogP contribution in [0.5, 0.6) is 0 Å². The van der Waals surface area contributed by atoms with E-state index in [1.165, 1.54) is 43.9 Å². The quantitative estimate of drug-likeness (QED) is 0.444. The van der Waals surface area contributed by atoms with Crippen molar-refractivity contribution in [3.05, 3.63) is 23.8 Å². The van der Waals surface area contributed by atoms with Crippen LogP contribution in [-0.2, 0) is 9.59 Å². The van der Waals surface area contributed by atoms with Crippen molar-refractivity contribution in [2.75, 3.05) is 0 Å². The molecule has 0 saturated heterocycles. The molecule has 0 aliphatic heterocycles. The number of unbranched alkanes of at least 4 members (excludes halogenated alkanes) is 3. The van der Waals surface area contributed by atoms with E-state index in [2.05, 4.69) is 23.8 Å². The van der Waals surface area contributed by atoms with Gasteiger partial charge in [0.2, 0.25) is 12.2 Å².